The van der Waals surface area contributed by atoms with E-state index in [4.69, 9.17) is 4.74 Å². The highest BCUT2D eigenvalue weighted by Gasteiger charge is 2.39. The first kappa shape index (κ1) is 14.5. The van der Waals surface area contributed by atoms with Crippen LogP contribution in [0.15, 0.2) is 24.3 Å². The normalized spacial score (nSPS) is 21.6. The molecule has 0 aromatic heterocycles. The van der Waals surface area contributed by atoms with E-state index in [1.54, 1.807) is 0 Å². The summed E-state index contributed by atoms with van der Waals surface area (Å²) in [5.74, 6) is 0.0861. The van der Waals surface area contributed by atoms with Crippen molar-refractivity contribution in [3.8, 4) is 0 Å². The van der Waals surface area contributed by atoms with Crippen LogP contribution in [0.2, 0.25) is 0 Å². The molecule has 1 aromatic carbocycles. The zero-order valence-corrected chi connectivity index (χ0v) is 12.7. The molecule has 1 amide bonds. The molecule has 0 bridgehead atoms. The molecule has 4 nitrogen and oxygen atoms in total. The number of likely N-dealkylation sites (tertiary alicyclic amines) is 1. The molecule has 21 heavy (non-hydrogen) atoms. The van der Waals surface area contributed by atoms with E-state index in [1.165, 1.54) is 12.0 Å². The van der Waals surface area contributed by atoms with Crippen molar-refractivity contribution < 1.29 is 9.53 Å². The fraction of sp³-hybridized carbons (Fsp3) is 0.588. The summed E-state index contributed by atoms with van der Waals surface area (Å²) in [6.07, 6.45) is 3.49. The Bertz CT molecular complexity index is 492. The van der Waals surface area contributed by atoms with Crippen molar-refractivity contribution in [1.29, 1.82) is 0 Å². The molecule has 2 aliphatic heterocycles. The predicted molar refractivity (Wildman–Crippen MR) is 83.4 cm³/mol. The van der Waals surface area contributed by atoms with Crippen LogP contribution in [0.3, 0.4) is 0 Å². The molecular formula is C17H24N2O2. The Balaban J connectivity index is 1.50. The van der Waals surface area contributed by atoms with Crippen molar-refractivity contribution in [2.45, 2.75) is 26.2 Å². The number of ether oxygens (including phenoxy) is 1. The molecule has 0 unspecified atom stereocenters. The Morgan fingerprint density at radius 3 is 2.67 bits per heavy atom. The van der Waals surface area contributed by atoms with Gasteiger partial charge in [-0.1, -0.05) is 17.7 Å². The van der Waals surface area contributed by atoms with Crippen LogP contribution in [-0.2, 0) is 9.53 Å². The highest BCUT2D eigenvalue weighted by atomic mass is 16.5. The fourth-order valence-electron chi connectivity index (χ4n) is 3.42. The number of hydrogen-bond acceptors (Lipinski definition) is 3. The number of aryl methyl sites for hydroxylation is 1. The molecule has 0 saturated carbocycles. The summed E-state index contributed by atoms with van der Waals surface area (Å²) in [5, 5.41) is 2.98. The number of benzene rings is 1. The second kappa shape index (κ2) is 6.16. The average Bonchev–Trinajstić information content (AvgIpc) is 2.84. The lowest BCUT2D eigenvalue weighted by molar-refractivity contribution is -0.117. The first-order chi connectivity index (χ1) is 10.2. The van der Waals surface area contributed by atoms with Gasteiger partial charge in [-0.05, 0) is 50.3 Å². The fourth-order valence-corrected chi connectivity index (χ4v) is 3.42. The van der Waals surface area contributed by atoms with Crippen LogP contribution in [0.5, 0.6) is 0 Å². The van der Waals surface area contributed by atoms with E-state index < -0.39 is 0 Å². The lowest BCUT2D eigenvalue weighted by Gasteiger charge is -2.33. The van der Waals surface area contributed by atoms with E-state index in [-0.39, 0.29) is 5.91 Å². The molecule has 3 rings (SSSR count). The smallest absolute Gasteiger partial charge is 0.238 e. The Hall–Kier alpha value is -1.39. The van der Waals surface area contributed by atoms with Crippen molar-refractivity contribution >= 4 is 11.6 Å². The number of nitrogens with zero attached hydrogens (tertiary/aromatic N) is 1. The first-order valence-electron chi connectivity index (χ1n) is 7.82. The minimum absolute atomic E-state index is 0.0861. The molecule has 0 aliphatic carbocycles. The van der Waals surface area contributed by atoms with Gasteiger partial charge in [-0.2, -0.15) is 0 Å². The van der Waals surface area contributed by atoms with Crippen LogP contribution in [-0.4, -0.2) is 43.7 Å². The van der Waals surface area contributed by atoms with E-state index in [0.717, 1.165) is 44.8 Å². The number of carbonyl (C=O) groups is 1. The lowest BCUT2D eigenvalue weighted by Crippen LogP contribution is -2.36. The van der Waals surface area contributed by atoms with E-state index in [9.17, 15) is 4.79 Å². The number of anilines is 1. The molecule has 0 atom stereocenters. The number of nitrogens with one attached hydrogen (secondary N) is 1. The third-order valence-electron chi connectivity index (χ3n) is 4.77. The standard InChI is InChI=1S/C17H24N2O2/c1-14-2-4-15(5-3-14)18-16(20)12-19-9-6-17(13-19)7-10-21-11-8-17/h2-5H,6-13H2,1H3,(H,18,20). The van der Waals surface area contributed by atoms with Crippen molar-refractivity contribution in [2.75, 3.05) is 38.2 Å². The largest absolute Gasteiger partial charge is 0.381 e. The van der Waals surface area contributed by atoms with E-state index >= 15 is 0 Å². The van der Waals surface area contributed by atoms with Crippen molar-refractivity contribution in [3.63, 3.8) is 0 Å². The maximum atomic E-state index is 12.1. The van der Waals surface area contributed by atoms with Gasteiger partial charge in [0, 0.05) is 25.4 Å². The predicted octanol–water partition coefficient (Wildman–Crippen LogP) is 2.44. The zero-order valence-electron chi connectivity index (χ0n) is 12.7. The Morgan fingerprint density at radius 1 is 1.24 bits per heavy atom. The topological polar surface area (TPSA) is 41.6 Å². The number of hydrogen-bond donors (Lipinski definition) is 1. The second-order valence-electron chi connectivity index (χ2n) is 6.49. The van der Waals surface area contributed by atoms with E-state index in [0.29, 0.717) is 12.0 Å². The Morgan fingerprint density at radius 2 is 1.95 bits per heavy atom. The summed E-state index contributed by atoms with van der Waals surface area (Å²) in [6.45, 7) is 6.37. The van der Waals surface area contributed by atoms with Crippen molar-refractivity contribution in [2.24, 2.45) is 5.41 Å². The van der Waals surface area contributed by atoms with Gasteiger partial charge in [-0.3, -0.25) is 9.69 Å². The Labute approximate surface area is 126 Å². The molecule has 2 heterocycles. The summed E-state index contributed by atoms with van der Waals surface area (Å²) in [7, 11) is 0. The maximum Gasteiger partial charge on any atom is 0.238 e. The molecule has 1 aromatic rings. The average molecular weight is 288 g/mol. The number of rotatable bonds is 3. The molecule has 2 saturated heterocycles. The molecule has 4 heteroatoms. The van der Waals surface area contributed by atoms with E-state index in [2.05, 4.69) is 10.2 Å². The van der Waals surface area contributed by atoms with Gasteiger partial charge in [0.2, 0.25) is 5.91 Å². The van der Waals surface area contributed by atoms with E-state index in [1.807, 2.05) is 31.2 Å². The molecule has 0 radical (unpaired) electrons. The first-order valence-corrected chi connectivity index (χ1v) is 7.82. The van der Waals surface area contributed by atoms with Gasteiger partial charge in [-0.25, -0.2) is 0 Å². The van der Waals surface area contributed by atoms with Crippen LogP contribution in [0.1, 0.15) is 24.8 Å². The van der Waals surface area contributed by atoms with Crippen molar-refractivity contribution in [3.05, 3.63) is 29.8 Å². The molecule has 2 fully saturated rings. The summed E-state index contributed by atoms with van der Waals surface area (Å²) >= 11 is 0. The van der Waals surface area contributed by atoms with Gasteiger partial charge >= 0.3 is 0 Å². The third-order valence-corrected chi connectivity index (χ3v) is 4.77. The van der Waals surface area contributed by atoms with Gasteiger partial charge in [-0.15, -0.1) is 0 Å². The minimum atomic E-state index is 0.0861. The number of amides is 1. The van der Waals surface area contributed by atoms with Gasteiger partial charge in [0.15, 0.2) is 0 Å². The summed E-state index contributed by atoms with van der Waals surface area (Å²) in [6, 6.07) is 7.94. The quantitative estimate of drug-likeness (QED) is 0.929. The molecule has 1 N–H and O–H groups in total. The third kappa shape index (κ3) is 3.63. The van der Waals surface area contributed by atoms with Gasteiger partial charge in [0.05, 0.1) is 6.54 Å². The molecule has 114 valence electrons. The molecular weight excluding hydrogens is 264 g/mol. The monoisotopic (exact) mass is 288 g/mol. The summed E-state index contributed by atoms with van der Waals surface area (Å²) in [5.41, 5.74) is 2.49. The van der Waals surface area contributed by atoms with Gasteiger partial charge in [0.25, 0.3) is 0 Å². The van der Waals surface area contributed by atoms with Crippen LogP contribution in [0, 0.1) is 12.3 Å². The summed E-state index contributed by atoms with van der Waals surface area (Å²) < 4.78 is 5.46. The van der Waals surface area contributed by atoms with Gasteiger partial charge < -0.3 is 10.1 Å². The SMILES string of the molecule is Cc1ccc(NC(=O)CN2CCC3(CCOCC3)C2)cc1. The zero-order chi connectivity index (χ0) is 14.7. The maximum absolute atomic E-state index is 12.1. The second-order valence-corrected chi connectivity index (χ2v) is 6.49. The molecule has 2 aliphatic rings. The minimum Gasteiger partial charge on any atom is -0.381 e. The van der Waals surface area contributed by atoms with Gasteiger partial charge in [0.1, 0.15) is 0 Å². The van der Waals surface area contributed by atoms with Crippen LogP contribution >= 0.6 is 0 Å². The Kier molecular flexibility index (Phi) is 4.27. The summed E-state index contributed by atoms with van der Waals surface area (Å²) in [4.78, 5) is 14.4. The lowest BCUT2D eigenvalue weighted by atomic mass is 9.80. The highest BCUT2D eigenvalue weighted by molar-refractivity contribution is 5.92. The number of carbonyl (C=O) groups excluding carboxylic acids is 1. The van der Waals surface area contributed by atoms with Crippen LogP contribution in [0.4, 0.5) is 5.69 Å². The highest BCUT2D eigenvalue weighted by Crippen LogP contribution is 2.39. The molecule has 1 spiro atoms. The van der Waals surface area contributed by atoms with Crippen LogP contribution < -0.4 is 5.32 Å². The van der Waals surface area contributed by atoms with Crippen molar-refractivity contribution in [1.82, 2.24) is 4.90 Å². The van der Waals surface area contributed by atoms with Crippen LogP contribution in [0.25, 0.3) is 0 Å².